The van der Waals surface area contributed by atoms with Crippen molar-refractivity contribution in [1.29, 1.82) is 0 Å². The highest BCUT2D eigenvalue weighted by Crippen LogP contribution is 2.23. The molecule has 9 nitrogen and oxygen atoms in total. The molecular formula is C40H79NO8. The molecule has 6 N–H and O–H groups in total. The van der Waals surface area contributed by atoms with Crippen molar-refractivity contribution in [2.75, 3.05) is 13.2 Å². The summed E-state index contributed by atoms with van der Waals surface area (Å²) in [6.07, 6.45) is 25.9. The number of nitrogens with one attached hydrogen (secondary N) is 1. The number of unbranched alkanes of at least 4 members (excludes halogenated alkanes) is 24. The second kappa shape index (κ2) is 31.9. The van der Waals surface area contributed by atoms with Gasteiger partial charge in [0.15, 0.2) is 6.29 Å². The van der Waals surface area contributed by atoms with Crippen LogP contribution in [-0.2, 0) is 14.3 Å². The maximum Gasteiger partial charge on any atom is 0.220 e. The summed E-state index contributed by atoms with van der Waals surface area (Å²) >= 11 is 0. The number of hydrogen-bond donors (Lipinski definition) is 6. The summed E-state index contributed by atoms with van der Waals surface area (Å²) in [5.74, 6) is -0.156. The highest BCUT2D eigenvalue weighted by Gasteiger charge is 2.44. The average Bonchev–Trinajstić information content (AvgIpc) is 3.10. The van der Waals surface area contributed by atoms with Crippen LogP contribution < -0.4 is 5.32 Å². The van der Waals surface area contributed by atoms with E-state index in [1.165, 1.54) is 116 Å². The van der Waals surface area contributed by atoms with Gasteiger partial charge in [0, 0.05) is 6.42 Å². The van der Waals surface area contributed by atoms with Crippen LogP contribution in [-0.4, -0.2) is 87.5 Å². The van der Waals surface area contributed by atoms with Crippen LogP contribution in [0, 0.1) is 0 Å². The molecule has 1 aliphatic rings. The molecule has 1 aliphatic heterocycles. The van der Waals surface area contributed by atoms with E-state index in [4.69, 9.17) is 9.47 Å². The van der Waals surface area contributed by atoms with E-state index in [0.29, 0.717) is 12.8 Å². The monoisotopic (exact) mass is 702 g/mol. The molecule has 0 radical (unpaired) electrons. The number of aliphatic hydroxyl groups is 5. The first-order valence-electron chi connectivity index (χ1n) is 20.7. The van der Waals surface area contributed by atoms with Gasteiger partial charge in [-0.15, -0.1) is 0 Å². The van der Waals surface area contributed by atoms with E-state index in [1.54, 1.807) is 0 Å². The fourth-order valence-electron chi connectivity index (χ4n) is 6.81. The standard InChI is InChI=1S/C40H79NO8/c1-3-5-7-9-10-11-12-13-14-15-16-17-18-19-20-21-22-23-24-26-27-29-34(43)33(41-36(44)30-28-25-8-6-4-2)32-48-40-39(47)38(46)37(45)35(31-42)49-40/h33-35,37-40,42-43,45-47H,3-32H2,1-2H3,(H,41,44). The van der Waals surface area contributed by atoms with Crippen molar-refractivity contribution >= 4 is 5.91 Å². The molecule has 0 aromatic carbocycles. The van der Waals surface area contributed by atoms with E-state index >= 15 is 0 Å². The Morgan fingerprint density at radius 3 is 1.45 bits per heavy atom. The van der Waals surface area contributed by atoms with Gasteiger partial charge < -0.3 is 40.3 Å². The normalized spacial score (nSPS) is 22.3. The lowest BCUT2D eigenvalue weighted by molar-refractivity contribution is -0.302. The van der Waals surface area contributed by atoms with E-state index in [-0.39, 0.29) is 12.5 Å². The molecule has 0 bridgehead atoms. The Labute approximate surface area is 300 Å². The van der Waals surface area contributed by atoms with Gasteiger partial charge >= 0.3 is 0 Å². The van der Waals surface area contributed by atoms with Gasteiger partial charge in [0.25, 0.3) is 0 Å². The minimum absolute atomic E-state index is 0.134. The lowest BCUT2D eigenvalue weighted by atomic mass is 9.99. The Morgan fingerprint density at radius 1 is 0.612 bits per heavy atom. The maximum absolute atomic E-state index is 12.7. The average molecular weight is 702 g/mol. The summed E-state index contributed by atoms with van der Waals surface area (Å²) in [5, 5.41) is 53.9. The van der Waals surface area contributed by atoms with Gasteiger partial charge in [0.05, 0.1) is 25.4 Å². The van der Waals surface area contributed by atoms with Crippen molar-refractivity contribution < 1.29 is 39.8 Å². The first kappa shape index (κ1) is 46.2. The number of ether oxygens (including phenoxy) is 2. The summed E-state index contributed by atoms with van der Waals surface area (Å²) in [7, 11) is 0. The second-order valence-electron chi connectivity index (χ2n) is 14.8. The highest BCUT2D eigenvalue weighted by molar-refractivity contribution is 5.76. The van der Waals surface area contributed by atoms with Crippen molar-refractivity contribution in [2.24, 2.45) is 0 Å². The number of rotatable bonds is 34. The molecule has 0 aromatic heterocycles. The largest absolute Gasteiger partial charge is 0.394 e. The third-order valence-corrected chi connectivity index (χ3v) is 10.2. The maximum atomic E-state index is 12.7. The van der Waals surface area contributed by atoms with E-state index in [1.807, 2.05) is 0 Å². The van der Waals surface area contributed by atoms with Crippen LogP contribution in [0.4, 0.5) is 0 Å². The quantitative estimate of drug-likeness (QED) is 0.0376. The van der Waals surface area contributed by atoms with Gasteiger partial charge in [-0.1, -0.05) is 174 Å². The predicted molar refractivity (Wildman–Crippen MR) is 198 cm³/mol. The Bertz CT molecular complexity index is 741. The van der Waals surface area contributed by atoms with Gasteiger partial charge in [-0.05, 0) is 12.8 Å². The van der Waals surface area contributed by atoms with E-state index < -0.39 is 49.5 Å². The fraction of sp³-hybridized carbons (Fsp3) is 0.975. The van der Waals surface area contributed by atoms with Gasteiger partial charge in [0.1, 0.15) is 24.4 Å². The third-order valence-electron chi connectivity index (χ3n) is 10.2. The van der Waals surface area contributed by atoms with E-state index in [9.17, 15) is 30.3 Å². The molecule has 1 heterocycles. The minimum Gasteiger partial charge on any atom is -0.394 e. The number of carbonyl (C=O) groups excluding carboxylic acids is 1. The van der Waals surface area contributed by atoms with Gasteiger partial charge in [-0.3, -0.25) is 4.79 Å². The van der Waals surface area contributed by atoms with Crippen LogP contribution in [0.1, 0.15) is 194 Å². The molecule has 1 rings (SSSR count). The SMILES string of the molecule is CCCCCCCCCCCCCCCCCCCCCCCC(O)C(COC1OC(CO)C(O)C(O)C1O)NC(=O)CCCCCCC. The zero-order valence-electron chi connectivity index (χ0n) is 31.7. The van der Waals surface area contributed by atoms with E-state index in [2.05, 4.69) is 19.2 Å². The molecule has 0 saturated carbocycles. The summed E-state index contributed by atoms with van der Waals surface area (Å²) in [4.78, 5) is 12.7. The smallest absolute Gasteiger partial charge is 0.220 e. The van der Waals surface area contributed by atoms with Gasteiger partial charge in [-0.2, -0.15) is 0 Å². The number of amides is 1. The van der Waals surface area contributed by atoms with Crippen LogP contribution in [0.15, 0.2) is 0 Å². The summed E-state index contributed by atoms with van der Waals surface area (Å²) in [6.45, 7) is 3.74. The molecule has 0 spiro atoms. The molecule has 49 heavy (non-hydrogen) atoms. The Hall–Kier alpha value is -0.810. The lowest BCUT2D eigenvalue weighted by Crippen LogP contribution is -2.60. The fourth-order valence-corrected chi connectivity index (χ4v) is 6.81. The van der Waals surface area contributed by atoms with Crippen LogP contribution >= 0.6 is 0 Å². The Kier molecular flexibility index (Phi) is 30.1. The Balaban J connectivity index is 2.21. The number of aliphatic hydroxyl groups excluding tert-OH is 5. The van der Waals surface area contributed by atoms with Crippen molar-refractivity contribution in [3.63, 3.8) is 0 Å². The van der Waals surface area contributed by atoms with Crippen molar-refractivity contribution in [3.05, 3.63) is 0 Å². The summed E-state index contributed by atoms with van der Waals surface area (Å²) in [5.41, 5.74) is 0. The minimum atomic E-state index is -1.55. The molecule has 1 fully saturated rings. The lowest BCUT2D eigenvalue weighted by Gasteiger charge is -2.40. The van der Waals surface area contributed by atoms with Crippen molar-refractivity contribution in [2.45, 2.75) is 236 Å². The van der Waals surface area contributed by atoms with Crippen molar-refractivity contribution in [3.8, 4) is 0 Å². The van der Waals surface area contributed by atoms with Gasteiger partial charge in [0.2, 0.25) is 5.91 Å². The molecule has 1 amide bonds. The number of carbonyl (C=O) groups is 1. The van der Waals surface area contributed by atoms with Crippen LogP contribution in [0.2, 0.25) is 0 Å². The molecule has 292 valence electrons. The van der Waals surface area contributed by atoms with Crippen LogP contribution in [0.3, 0.4) is 0 Å². The first-order valence-corrected chi connectivity index (χ1v) is 20.7. The molecule has 0 aromatic rings. The highest BCUT2D eigenvalue weighted by atomic mass is 16.7. The predicted octanol–water partition coefficient (Wildman–Crippen LogP) is 7.61. The number of hydrogen-bond acceptors (Lipinski definition) is 8. The summed E-state index contributed by atoms with van der Waals surface area (Å²) in [6, 6.07) is -0.708. The topological polar surface area (TPSA) is 149 Å². The molecule has 0 aliphatic carbocycles. The zero-order chi connectivity index (χ0) is 36.0. The molecule has 9 heteroatoms. The zero-order valence-corrected chi connectivity index (χ0v) is 31.7. The van der Waals surface area contributed by atoms with Crippen LogP contribution in [0.5, 0.6) is 0 Å². The summed E-state index contributed by atoms with van der Waals surface area (Å²) < 4.78 is 11.2. The third kappa shape index (κ3) is 23.4. The van der Waals surface area contributed by atoms with Gasteiger partial charge in [-0.25, -0.2) is 0 Å². The van der Waals surface area contributed by atoms with E-state index in [0.717, 1.165) is 51.4 Å². The first-order chi connectivity index (χ1) is 23.8. The van der Waals surface area contributed by atoms with Crippen molar-refractivity contribution in [1.82, 2.24) is 5.32 Å². The Morgan fingerprint density at radius 2 is 1.02 bits per heavy atom. The van der Waals surface area contributed by atoms with Crippen LogP contribution in [0.25, 0.3) is 0 Å². The molecule has 1 saturated heterocycles. The molecule has 7 atom stereocenters. The molecular weight excluding hydrogens is 622 g/mol. The second-order valence-corrected chi connectivity index (χ2v) is 14.8. The molecule has 7 unspecified atom stereocenters.